The normalized spacial score (nSPS) is 15.0. The fraction of sp³-hybridized carbons (Fsp3) is 0.400. The summed E-state index contributed by atoms with van der Waals surface area (Å²) in [5.74, 6) is 0. The van der Waals surface area contributed by atoms with Gasteiger partial charge >= 0.3 is 0 Å². The van der Waals surface area contributed by atoms with Gasteiger partial charge in [-0.15, -0.1) is 0 Å². The lowest BCUT2D eigenvalue weighted by Gasteiger charge is -2.27. The maximum Gasteiger partial charge on any atom is 0.161 e. The van der Waals surface area contributed by atoms with Crippen molar-refractivity contribution in [2.45, 2.75) is 5.66 Å². The van der Waals surface area contributed by atoms with Crippen molar-refractivity contribution in [3.63, 3.8) is 0 Å². The summed E-state index contributed by atoms with van der Waals surface area (Å²) in [6, 6.07) is 1.75. The largest absolute Gasteiger partial charge is 0.395 e. The molecule has 0 spiro atoms. The Kier molecular flexibility index (Phi) is 3.34. The van der Waals surface area contributed by atoms with E-state index in [1.54, 1.807) is 29.2 Å². The molecule has 1 atom stereocenters. The Morgan fingerprint density at radius 2 is 2.29 bits per heavy atom. The lowest BCUT2D eigenvalue weighted by atomic mass is 10.0. The molecule has 7 nitrogen and oxygen atoms in total. The van der Waals surface area contributed by atoms with E-state index in [1.807, 2.05) is 0 Å². The Bertz CT molecular complexity index is 500. The molecule has 2 aromatic rings. The van der Waals surface area contributed by atoms with Crippen molar-refractivity contribution < 1.29 is 10.2 Å². The highest BCUT2D eigenvalue weighted by atomic mass is 16.3. The highest BCUT2D eigenvalue weighted by molar-refractivity contribution is 5.49. The van der Waals surface area contributed by atoms with Crippen LogP contribution in [0.1, 0.15) is 5.56 Å². The summed E-state index contributed by atoms with van der Waals surface area (Å²) < 4.78 is 1.58. The number of rotatable bonds is 5. The van der Waals surface area contributed by atoms with Crippen molar-refractivity contribution >= 4 is 5.65 Å². The summed E-state index contributed by atoms with van der Waals surface area (Å²) >= 11 is 0. The van der Waals surface area contributed by atoms with Gasteiger partial charge in [-0.25, -0.2) is 9.50 Å². The Morgan fingerprint density at radius 1 is 1.47 bits per heavy atom. The highest BCUT2D eigenvalue weighted by Crippen LogP contribution is 2.18. The van der Waals surface area contributed by atoms with E-state index in [4.69, 9.17) is 10.8 Å². The first-order valence-electron chi connectivity index (χ1n) is 5.26. The number of aromatic nitrogens is 3. The number of aliphatic hydroxyl groups excluding tert-OH is 2. The summed E-state index contributed by atoms with van der Waals surface area (Å²) in [6.45, 7) is -0.0995. The predicted octanol–water partition coefficient (Wildman–Crippen LogP) is -1.58. The maximum atomic E-state index is 9.41. The van der Waals surface area contributed by atoms with Gasteiger partial charge in [-0.05, 0) is 6.07 Å². The average molecular weight is 237 g/mol. The zero-order valence-electron chi connectivity index (χ0n) is 9.24. The number of nitrogens with two attached hydrogens (primary N) is 1. The molecule has 0 saturated carbocycles. The predicted molar refractivity (Wildman–Crippen MR) is 61.0 cm³/mol. The quantitative estimate of drug-likeness (QED) is 0.467. The maximum absolute atomic E-state index is 9.41. The van der Waals surface area contributed by atoms with Gasteiger partial charge in [0.15, 0.2) is 5.65 Å². The molecule has 2 aromatic heterocycles. The van der Waals surface area contributed by atoms with Crippen molar-refractivity contribution in [2.75, 3.05) is 19.8 Å². The van der Waals surface area contributed by atoms with Gasteiger partial charge in [0.2, 0.25) is 0 Å². The van der Waals surface area contributed by atoms with E-state index in [0.717, 1.165) is 0 Å². The Morgan fingerprint density at radius 3 is 3.00 bits per heavy atom. The van der Waals surface area contributed by atoms with Crippen molar-refractivity contribution in [2.24, 2.45) is 5.73 Å². The second kappa shape index (κ2) is 4.76. The second-order valence-corrected chi connectivity index (χ2v) is 3.73. The minimum Gasteiger partial charge on any atom is -0.395 e. The van der Waals surface area contributed by atoms with Gasteiger partial charge in [-0.1, -0.05) is 0 Å². The van der Waals surface area contributed by atoms with Gasteiger partial charge in [-0.2, -0.15) is 5.10 Å². The summed E-state index contributed by atoms with van der Waals surface area (Å²) in [5, 5.41) is 25.2. The average Bonchev–Trinajstić information content (AvgIpc) is 2.80. The summed E-state index contributed by atoms with van der Waals surface area (Å²) in [7, 11) is 0. The van der Waals surface area contributed by atoms with Gasteiger partial charge in [0.1, 0.15) is 5.66 Å². The molecule has 0 aliphatic heterocycles. The molecule has 2 heterocycles. The van der Waals surface area contributed by atoms with Crippen LogP contribution in [0.5, 0.6) is 0 Å². The van der Waals surface area contributed by atoms with Crippen LogP contribution in [0.2, 0.25) is 0 Å². The summed E-state index contributed by atoms with van der Waals surface area (Å²) in [6.07, 6.45) is 4.93. The number of hydrogen-bond acceptors (Lipinski definition) is 6. The van der Waals surface area contributed by atoms with E-state index >= 15 is 0 Å². The van der Waals surface area contributed by atoms with E-state index in [0.29, 0.717) is 11.2 Å². The SMILES string of the molecule is NC(CO)(NCCO)c1cnn2cccnc12. The van der Waals surface area contributed by atoms with Gasteiger partial charge in [0.05, 0.1) is 25.0 Å². The standard InChI is InChI=1S/C10H15N5O2/c11-10(7-17,13-3-5-16)8-6-14-15-4-1-2-12-9(8)15/h1-2,4,6,13,16-17H,3,5,7,11H2. The van der Waals surface area contributed by atoms with Crippen LogP contribution in [0.3, 0.4) is 0 Å². The molecule has 0 bridgehead atoms. The molecule has 0 aliphatic rings. The molecular formula is C10H15N5O2. The van der Waals surface area contributed by atoms with Crippen molar-refractivity contribution in [1.29, 1.82) is 0 Å². The van der Waals surface area contributed by atoms with Gasteiger partial charge in [0, 0.05) is 18.9 Å². The molecule has 7 heteroatoms. The number of aliphatic hydroxyl groups is 2. The number of fused-ring (bicyclic) bond motifs is 1. The van der Waals surface area contributed by atoms with Crippen molar-refractivity contribution in [3.05, 3.63) is 30.2 Å². The van der Waals surface area contributed by atoms with E-state index in [1.165, 1.54) is 0 Å². The van der Waals surface area contributed by atoms with Crippen LogP contribution in [0, 0.1) is 0 Å². The van der Waals surface area contributed by atoms with Gasteiger partial charge in [-0.3, -0.25) is 5.32 Å². The van der Waals surface area contributed by atoms with Crippen LogP contribution in [0.25, 0.3) is 5.65 Å². The van der Waals surface area contributed by atoms with Crippen LogP contribution in [-0.4, -0.2) is 44.6 Å². The molecule has 0 saturated heterocycles. The monoisotopic (exact) mass is 237 g/mol. The molecule has 0 radical (unpaired) electrons. The fourth-order valence-corrected chi connectivity index (χ4v) is 1.66. The third-order valence-corrected chi connectivity index (χ3v) is 2.56. The molecular weight excluding hydrogens is 222 g/mol. The molecule has 1 unspecified atom stereocenters. The van der Waals surface area contributed by atoms with Crippen LogP contribution in [-0.2, 0) is 5.66 Å². The number of nitrogens with zero attached hydrogens (tertiary/aromatic N) is 3. The van der Waals surface area contributed by atoms with Gasteiger partial charge < -0.3 is 15.9 Å². The third kappa shape index (κ3) is 2.13. The minimum absolute atomic E-state index is 0.0639. The number of nitrogens with one attached hydrogen (secondary N) is 1. The smallest absolute Gasteiger partial charge is 0.161 e. The Hall–Kier alpha value is -1.54. The highest BCUT2D eigenvalue weighted by Gasteiger charge is 2.29. The summed E-state index contributed by atoms with van der Waals surface area (Å²) in [5.41, 5.74) is 6.07. The molecule has 17 heavy (non-hydrogen) atoms. The zero-order valence-corrected chi connectivity index (χ0v) is 9.24. The zero-order chi connectivity index (χ0) is 12.3. The first kappa shape index (κ1) is 11.9. The first-order chi connectivity index (χ1) is 8.21. The van der Waals surface area contributed by atoms with E-state index in [9.17, 15) is 5.11 Å². The van der Waals surface area contributed by atoms with Crippen molar-refractivity contribution in [1.82, 2.24) is 19.9 Å². The van der Waals surface area contributed by atoms with Crippen LogP contribution in [0.4, 0.5) is 0 Å². The second-order valence-electron chi connectivity index (χ2n) is 3.73. The molecule has 5 N–H and O–H groups in total. The van der Waals surface area contributed by atoms with Crippen molar-refractivity contribution in [3.8, 4) is 0 Å². The van der Waals surface area contributed by atoms with Crippen LogP contribution in [0.15, 0.2) is 24.7 Å². The minimum atomic E-state index is -1.15. The third-order valence-electron chi connectivity index (χ3n) is 2.56. The van der Waals surface area contributed by atoms with Gasteiger partial charge in [0.25, 0.3) is 0 Å². The summed E-state index contributed by atoms with van der Waals surface area (Å²) in [4.78, 5) is 4.17. The van der Waals surface area contributed by atoms with Crippen LogP contribution < -0.4 is 11.1 Å². The Labute approximate surface area is 97.9 Å². The van der Waals surface area contributed by atoms with E-state index in [2.05, 4.69) is 15.4 Å². The lowest BCUT2D eigenvalue weighted by molar-refractivity contribution is 0.156. The molecule has 2 rings (SSSR count). The molecule has 0 amide bonds. The molecule has 92 valence electrons. The topological polar surface area (TPSA) is 109 Å². The van der Waals surface area contributed by atoms with E-state index < -0.39 is 5.66 Å². The molecule has 0 fully saturated rings. The lowest BCUT2D eigenvalue weighted by Crippen LogP contribution is -2.54. The Balaban J connectivity index is 2.42. The molecule has 0 aromatic carbocycles. The fourth-order valence-electron chi connectivity index (χ4n) is 1.66. The first-order valence-corrected chi connectivity index (χ1v) is 5.26. The number of hydrogen-bond donors (Lipinski definition) is 4. The molecule has 0 aliphatic carbocycles. The van der Waals surface area contributed by atoms with E-state index in [-0.39, 0.29) is 19.8 Å². The van der Waals surface area contributed by atoms with Crippen LogP contribution >= 0.6 is 0 Å².